The average Bonchev–Trinajstić information content (AvgIpc) is 2.61. The highest BCUT2D eigenvalue weighted by molar-refractivity contribution is 9.10. The van der Waals surface area contributed by atoms with Crippen molar-refractivity contribution < 1.29 is 19.1 Å². The Balaban J connectivity index is 1.80. The van der Waals surface area contributed by atoms with Crippen LogP contribution < -0.4 is 10.1 Å². The lowest BCUT2D eigenvalue weighted by atomic mass is 10.1. The number of hydrogen-bond donors (Lipinski definition) is 1. The lowest BCUT2D eigenvalue weighted by Crippen LogP contribution is -2.30. The standard InChI is InChI=1S/C19H20BrNO4/c1-13-5-3-4-6-14(13)9-10-21-18(22)12-25-17-8-7-15(11-16(17)20)19(23)24-2/h3-8,11H,9-10,12H2,1-2H3,(H,21,22). The van der Waals surface area contributed by atoms with Crippen molar-refractivity contribution in [3.8, 4) is 5.75 Å². The van der Waals surface area contributed by atoms with Gasteiger partial charge in [-0.15, -0.1) is 0 Å². The number of esters is 1. The first-order chi connectivity index (χ1) is 12.0. The average molecular weight is 406 g/mol. The Hall–Kier alpha value is -2.34. The van der Waals surface area contributed by atoms with Gasteiger partial charge in [0.15, 0.2) is 6.61 Å². The third-order valence-corrected chi connectivity index (χ3v) is 4.31. The number of rotatable bonds is 7. The molecule has 0 unspecified atom stereocenters. The molecule has 0 bridgehead atoms. The molecule has 0 aliphatic heterocycles. The molecule has 2 aromatic rings. The second-order valence-corrected chi connectivity index (χ2v) is 6.31. The summed E-state index contributed by atoms with van der Waals surface area (Å²) in [6.45, 7) is 2.51. The van der Waals surface area contributed by atoms with Gasteiger partial charge in [0, 0.05) is 6.54 Å². The number of ether oxygens (including phenoxy) is 2. The van der Waals surface area contributed by atoms with E-state index in [1.54, 1.807) is 18.2 Å². The topological polar surface area (TPSA) is 64.6 Å². The van der Waals surface area contributed by atoms with E-state index >= 15 is 0 Å². The normalized spacial score (nSPS) is 10.2. The molecule has 0 fully saturated rings. The van der Waals surface area contributed by atoms with Gasteiger partial charge >= 0.3 is 5.97 Å². The summed E-state index contributed by atoms with van der Waals surface area (Å²) in [5.41, 5.74) is 2.83. The van der Waals surface area contributed by atoms with Crippen molar-refractivity contribution in [2.45, 2.75) is 13.3 Å². The highest BCUT2D eigenvalue weighted by atomic mass is 79.9. The van der Waals surface area contributed by atoms with Crippen molar-refractivity contribution >= 4 is 27.8 Å². The molecule has 0 aromatic heterocycles. The Morgan fingerprint density at radius 1 is 1.16 bits per heavy atom. The molecular weight excluding hydrogens is 386 g/mol. The number of amides is 1. The van der Waals surface area contributed by atoms with Gasteiger partial charge in [0.25, 0.3) is 5.91 Å². The molecule has 2 rings (SSSR count). The van der Waals surface area contributed by atoms with Crippen molar-refractivity contribution in [2.75, 3.05) is 20.3 Å². The van der Waals surface area contributed by atoms with Crippen LogP contribution in [0.4, 0.5) is 0 Å². The van der Waals surface area contributed by atoms with Crippen LogP contribution in [0.1, 0.15) is 21.5 Å². The molecule has 0 atom stereocenters. The third-order valence-electron chi connectivity index (χ3n) is 3.69. The van der Waals surface area contributed by atoms with Crippen LogP contribution in [0, 0.1) is 6.92 Å². The molecule has 0 saturated heterocycles. The third kappa shape index (κ3) is 5.60. The maximum atomic E-state index is 11.9. The highest BCUT2D eigenvalue weighted by Gasteiger charge is 2.10. The Labute approximate surface area is 155 Å². The van der Waals surface area contributed by atoms with Crippen LogP contribution in [-0.2, 0) is 16.0 Å². The molecule has 1 amide bonds. The van der Waals surface area contributed by atoms with Gasteiger partial charge in [-0.2, -0.15) is 0 Å². The molecule has 6 heteroatoms. The summed E-state index contributed by atoms with van der Waals surface area (Å²) in [6, 6.07) is 12.9. The second-order valence-electron chi connectivity index (χ2n) is 5.45. The molecule has 0 spiro atoms. The van der Waals surface area contributed by atoms with Crippen LogP contribution in [0.15, 0.2) is 46.9 Å². The fourth-order valence-corrected chi connectivity index (χ4v) is 2.78. The molecule has 0 aliphatic carbocycles. The summed E-state index contributed by atoms with van der Waals surface area (Å²) in [6.07, 6.45) is 0.774. The zero-order valence-corrected chi connectivity index (χ0v) is 15.8. The van der Waals surface area contributed by atoms with Crippen molar-refractivity contribution in [3.63, 3.8) is 0 Å². The van der Waals surface area contributed by atoms with Gasteiger partial charge in [0.05, 0.1) is 17.1 Å². The number of carbonyl (C=O) groups is 2. The van der Waals surface area contributed by atoms with Gasteiger partial charge in [0.2, 0.25) is 0 Å². The molecule has 132 valence electrons. The molecule has 1 N–H and O–H groups in total. The first-order valence-electron chi connectivity index (χ1n) is 7.83. The SMILES string of the molecule is COC(=O)c1ccc(OCC(=O)NCCc2ccccc2C)c(Br)c1. The van der Waals surface area contributed by atoms with E-state index in [-0.39, 0.29) is 12.5 Å². The number of carbonyl (C=O) groups excluding carboxylic acids is 2. The molecule has 0 saturated carbocycles. The molecular formula is C19H20BrNO4. The first kappa shape index (κ1) is 19.0. The second kappa shape index (κ2) is 9.22. The van der Waals surface area contributed by atoms with Gasteiger partial charge in [0.1, 0.15) is 5.75 Å². The van der Waals surface area contributed by atoms with Crippen LogP contribution in [0.5, 0.6) is 5.75 Å². The van der Waals surface area contributed by atoms with E-state index in [2.05, 4.69) is 45.0 Å². The Morgan fingerprint density at radius 2 is 1.92 bits per heavy atom. The minimum Gasteiger partial charge on any atom is -0.483 e. The smallest absolute Gasteiger partial charge is 0.337 e. The van der Waals surface area contributed by atoms with Gasteiger partial charge in [-0.05, 0) is 58.6 Å². The van der Waals surface area contributed by atoms with E-state index in [4.69, 9.17) is 4.74 Å². The van der Waals surface area contributed by atoms with E-state index in [9.17, 15) is 9.59 Å². The van der Waals surface area contributed by atoms with Gasteiger partial charge < -0.3 is 14.8 Å². The zero-order chi connectivity index (χ0) is 18.2. The highest BCUT2D eigenvalue weighted by Crippen LogP contribution is 2.26. The summed E-state index contributed by atoms with van der Waals surface area (Å²) in [5, 5.41) is 2.83. The molecule has 5 nitrogen and oxygen atoms in total. The van der Waals surface area contributed by atoms with Crippen molar-refractivity contribution in [1.82, 2.24) is 5.32 Å². The quantitative estimate of drug-likeness (QED) is 0.717. The number of nitrogens with one attached hydrogen (secondary N) is 1. The number of methoxy groups -OCH3 is 1. The first-order valence-corrected chi connectivity index (χ1v) is 8.62. The number of aryl methyl sites for hydroxylation is 1. The van der Waals surface area contributed by atoms with Gasteiger partial charge in [-0.25, -0.2) is 4.79 Å². The van der Waals surface area contributed by atoms with Gasteiger partial charge in [-0.3, -0.25) is 4.79 Å². The van der Waals surface area contributed by atoms with E-state index < -0.39 is 5.97 Å². The van der Waals surface area contributed by atoms with Crippen LogP contribution in [0.2, 0.25) is 0 Å². The number of hydrogen-bond acceptors (Lipinski definition) is 4. The minimum atomic E-state index is -0.429. The Kier molecular flexibility index (Phi) is 7.01. The lowest BCUT2D eigenvalue weighted by Gasteiger charge is -2.10. The van der Waals surface area contributed by atoms with Crippen LogP contribution in [0.25, 0.3) is 0 Å². The maximum absolute atomic E-state index is 11.9. The predicted octanol–water partition coefficient (Wildman–Crippen LogP) is 3.28. The van der Waals surface area contributed by atoms with Crippen molar-refractivity contribution in [1.29, 1.82) is 0 Å². The lowest BCUT2D eigenvalue weighted by molar-refractivity contribution is -0.123. The summed E-state index contributed by atoms with van der Waals surface area (Å²) < 4.78 is 10.7. The van der Waals surface area contributed by atoms with Crippen LogP contribution >= 0.6 is 15.9 Å². The molecule has 25 heavy (non-hydrogen) atoms. The number of benzene rings is 2. The van der Waals surface area contributed by atoms with Gasteiger partial charge in [-0.1, -0.05) is 24.3 Å². The van der Waals surface area contributed by atoms with E-state index in [0.29, 0.717) is 22.3 Å². The zero-order valence-electron chi connectivity index (χ0n) is 14.2. The van der Waals surface area contributed by atoms with E-state index in [0.717, 1.165) is 6.42 Å². The fraction of sp³-hybridized carbons (Fsp3) is 0.263. The molecule has 2 aromatic carbocycles. The largest absolute Gasteiger partial charge is 0.483 e. The summed E-state index contributed by atoms with van der Waals surface area (Å²) >= 11 is 3.32. The summed E-state index contributed by atoms with van der Waals surface area (Å²) in [4.78, 5) is 23.4. The summed E-state index contributed by atoms with van der Waals surface area (Å²) in [5.74, 6) is -0.138. The predicted molar refractivity (Wildman–Crippen MR) is 98.9 cm³/mol. The van der Waals surface area contributed by atoms with Crippen LogP contribution in [0.3, 0.4) is 0 Å². The minimum absolute atomic E-state index is 0.0933. The monoisotopic (exact) mass is 405 g/mol. The van der Waals surface area contributed by atoms with Crippen molar-refractivity contribution in [2.24, 2.45) is 0 Å². The maximum Gasteiger partial charge on any atom is 0.337 e. The number of halogens is 1. The van der Waals surface area contributed by atoms with Crippen LogP contribution in [-0.4, -0.2) is 32.1 Å². The van der Waals surface area contributed by atoms with E-state index in [1.165, 1.54) is 18.2 Å². The molecule has 0 aliphatic rings. The van der Waals surface area contributed by atoms with Crippen molar-refractivity contribution in [3.05, 3.63) is 63.6 Å². The molecule has 0 radical (unpaired) electrons. The Bertz CT molecular complexity index is 761. The summed E-state index contributed by atoms with van der Waals surface area (Å²) in [7, 11) is 1.32. The van der Waals surface area contributed by atoms with E-state index in [1.807, 2.05) is 12.1 Å². The fourth-order valence-electron chi connectivity index (χ4n) is 2.28. The molecule has 0 heterocycles. The Morgan fingerprint density at radius 3 is 2.60 bits per heavy atom.